The van der Waals surface area contributed by atoms with Gasteiger partial charge in [-0.3, -0.25) is 15.6 Å². The number of hydrogen-bond acceptors (Lipinski definition) is 9. The summed E-state index contributed by atoms with van der Waals surface area (Å²) in [6, 6.07) is 8.91. The van der Waals surface area contributed by atoms with Gasteiger partial charge in [0.25, 0.3) is 0 Å². The quantitative estimate of drug-likeness (QED) is 0.318. The van der Waals surface area contributed by atoms with Crippen molar-refractivity contribution in [2.45, 2.75) is 51.5 Å². The molecule has 2 aliphatic rings. The Hall–Kier alpha value is -4.41. The van der Waals surface area contributed by atoms with Crippen LogP contribution in [0.2, 0.25) is 0 Å². The Balaban J connectivity index is 1.33. The first-order valence-corrected chi connectivity index (χ1v) is 13.2. The van der Waals surface area contributed by atoms with Crippen molar-refractivity contribution in [2.24, 2.45) is 0 Å². The van der Waals surface area contributed by atoms with Gasteiger partial charge in [-0.05, 0) is 56.9 Å². The lowest BCUT2D eigenvalue weighted by atomic mass is 9.86. The summed E-state index contributed by atoms with van der Waals surface area (Å²) in [4.78, 5) is 28.5. The molecule has 3 N–H and O–H groups in total. The molecule has 0 bridgehead atoms. The number of aryl methyl sites for hydroxylation is 2. The number of carbonyl (C=O) groups excluding carboxylic acids is 1. The Morgan fingerprint density at radius 2 is 2.02 bits per heavy atom. The smallest absolute Gasteiger partial charge is 0.239 e. The predicted octanol–water partition coefficient (Wildman–Crippen LogP) is 4.47. The standard InChI is InChI=1S/C29H32FN7O3/c1-16(20-13-25(39-4)33-14-22(20)30)28(38)37-11-10-29(15-37)9-8-19-12-21(17(2)34-27(19)36-29)23-6-5-7-24(35-23)26(32)40-18(3)31/h5-7,12-14,16,31-32H,8-11,15H2,1-4H3,(H,34,36)/t16-,29+/m1/s1. The molecule has 5 heterocycles. The molecule has 3 aromatic heterocycles. The molecule has 1 saturated heterocycles. The van der Waals surface area contributed by atoms with E-state index < -0.39 is 11.7 Å². The van der Waals surface area contributed by atoms with Gasteiger partial charge in [0.1, 0.15) is 17.3 Å². The third kappa shape index (κ3) is 5.23. The van der Waals surface area contributed by atoms with Gasteiger partial charge in [-0.2, -0.15) is 0 Å². The van der Waals surface area contributed by atoms with E-state index in [2.05, 4.69) is 21.4 Å². The summed E-state index contributed by atoms with van der Waals surface area (Å²) in [7, 11) is 1.46. The summed E-state index contributed by atoms with van der Waals surface area (Å²) in [5.41, 5.74) is 3.70. The molecule has 0 aromatic carbocycles. The Labute approximate surface area is 232 Å². The molecular formula is C29H32FN7O3. The van der Waals surface area contributed by atoms with E-state index in [1.807, 2.05) is 13.0 Å². The van der Waals surface area contributed by atoms with Crippen molar-refractivity contribution < 1.29 is 18.7 Å². The van der Waals surface area contributed by atoms with Crippen molar-refractivity contribution in [3.63, 3.8) is 0 Å². The van der Waals surface area contributed by atoms with E-state index in [4.69, 9.17) is 25.3 Å². The van der Waals surface area contributed by atoms with Crippen molar-refractivity contribution >= 4 is 23.5 Å². The predicted molar refractivity (Wildman–Crippen MR) is 149 cm³/mol. The van der Waals surface area contributed by atoms with Crippen LogP contribution in [0.25, 0.3) is 11.3 Å². The number of aromatic nitrogens is 3. The Morgan fingerprint density at radius 1 is 1.23 bits per heavy atom. The minimum atomic E-state index is -0.663. The number of methoxy groups -OCH3 is 1. The minimum Gasteiger partial charge on any atom is -0.481 e. The fourth-order valence-corrected chi connectivity index (χ4v) is 5.46. The van der Waals surface area contributed by atoms with Gasteiger partial charge in [0.05, 0.1) is 30.5 Å². The molecule has 0 saturated carbocycles. The SMILES string of the molecule is COc1cc([C@@H](C)C(=O)N2CC[C@@]3(CCc4cc(-c5cccc(C(=N)OC(C)=N)n5)c(C)nc4N3)C2)c(F)cn1. The van der Waals surface area contributed by atoms with Gasteiger partial charge in [-0.15, -0.1) is 0 Å². The maximum Gasteiger partial charge on any atom is 0.239 e. The molecule has 0 unspecified atom stereocenters. The van der Waals surface area contributed by atoms with Gasteiger partial charge in [-0.25, -0.2) is 19.3 Å². The van der Waals surface area contributed by atoms with Crippen molar-refractivity contribution in [2.75, 3.05) is 25.5 Å². The highest BCUT2D eigenvalue weighted by Crippen LogP contribution is 2.39. The Morgan fingerprint density at radius 3 is 2.77 bits per heavy atom. The highest BCUT2D eigenvalue weighted by Gasteiger charge is 2.43. The third-order valence-electron chi connectivity index (χ3n) is 7.63. The second-order valence-corrected chi connectivity index (χ2v) is 10.4. The number of amides is 1. The van der Waals surface area contributed by atoms with Gasteiger partial charge >= 0.3 is 0 Å². The first-order valence-electron chi connectivity index (χ1n) is 13.2. The molecular weight excluding hydrogens is 513 g/mol. The lowest BCUT2D eigenvalue weighted by molar-refractivity contribution is -0.131. The van der Waals surface area contributed by atoms with E-state index in [-0.39, 0.29) is 34.7 Å². The lowest BCUT2D eigenvalue weighted by Gasteiger charge is -2.36. The number of pyridine rings is 3. The van der Waals surface area contributed by atoms with Gasteiger partial charge in [0, 0.05) is 42.9 Å². The van der Waals surface area contributed by atoms with Crippen molar-refractivity contribution in [1.29, 1.82) is 10.8 Å². The summed E-state index contributed by atoms with van der Waals surface area (Å²) in [5, 5.41) is 19.2. The molecule has 11 heteroatoms. The number of hydrogen-bond donors (Lipinski definition) is 3. The minimum absolute atomic E-state index is 0.0739. The molecule has 208 valence electrons. The number of likely N-dealkylation sites (tertiary alicyclic amines) is 1. The monoisotopic (exact) mass is 545 g/mol. The number of ether oxygens (including phenoxy) is 2. The van der Waals surface area contributed by atoms with E-state index in [1.54, 1.807) is 24.0 Å². The second kappa shape index (κ2) is 10.6. The van der Waals surface area contributed by atoms with E-state index in [1.165, 1.54) is 20.1 Å². The number of anilines is 1. The van der Waals surface area contributed by atoms with Gasteiger partial charge in [-0.1, -0.05) is 6.07 Å². The summed E-state index contributed by atoms with van der Waals surface area (Å²) < 4.78 is 24.7. The van der Waals surface area contributed by atoms with E-state index in [0.29, 0.717) is 24.5 Å². The van der Waals surface area contributed by atoms with Crippen molar-refractivity contribution in [3.05, 3.63) is 64.9 Å². The van der Waals surface area contributed by atoms with Crippen LogP contribution in [0.3, 0.4) is 0 Å². The first-order chi connectivity index (χ1) is 19.1. The second-order valence-electron chi connectivity index (χ2n) is 10.4. The number of fused-ring (bicyclic) bond motifs is 1. The summed E-state index contributed by atoms with van der Waals surface area (Å²) >= 11 is 0. The highest BCUT2D eigenvalue weighted by atomic mass is 19.1. The summed E-state index contributed by atoms with van der Waals surface area (Å²) in [5.74, 6) is -0.498. The summed E-state index contributed by atoms with van der Waals surface area (Å²) in [6.07, 6.45) is 3.46. The molecule has 1 spiro atoms. The van der Waals surface area contributed by atoms with Crippen LogP contribution in [0, 0.1) is 23.6 Å². The molecule has 0 radical (unpaired) electrons. The van der Waals surface area contributed by atoms with Gasteiger partial charge in [0.2, 0.25) is 17.7 Å². The number of carbonyl (C=O) groups is 1. The highest BCUT2D eigenvalue weighted by molar-refractivity contribution is 5.97. The van der Waals surface area contributed by atoms with E-state index in [9.17, 15) is 9.18 Å². The largest absolute Gasteiger partial charge is 0.481 e. The Kier molecular flexibility index (Phi) is 7.22. The van der Waals surface area contributed by atoms with Crippen LogP contribution in [-0.2, 0) is 16.0 Å². The lowest BCUT2D eigenvalue weighted by Crippen LogP contribution is -2.46. The molecule has 2 aliphatic heterocycles. The van der Waals surface area contributed by atoms with Crippen LogP contribution in [0.5, 0.6) is 5.88 Å². The van der Waals surface area contributed by atoms with Crippen LogP contribution in [0.15, 0.2) is 36.5 Å². The topological polar surface area (TPSA) is 137 Å². The van der Waals surface area contributed by atoms with Crippen molar-refractivity contribution in [1.82, 2.24) is 19.9 Å². The third-order valence-corrected chi connectivity index (χ3v) is 7.63. The van der Waals surface area contributed by atoms with Crippen LogP contribution in [-0.4, -0.2) is 63.3 Å². The molecule has 40 heavy (non-hydrogen) atoms. The molecule has 2 atom stereocenters. The molecule has 10 nitrogen and oxygen atoms in total. The van der Waals surface area contributed by atoms with Crippen LogP contribution >= 0.6 is 0 Å². The number of nitrogens with one attached hydrogen (secondary N) is 3. The van der Waals surface area contributed by atoms with Gasteiger partial charge in [0.15, 0.2) is 5.90 Å². The number of halogens is 1. The molecule has 1 fully saturated rings. The fraction of sp³-hybridized carbons (Fsp3) is 0.379. The fourth-order valence-electron chi connectivity index (χ4n) is 5.46. The van der Waals surface area contributed by atoms with E-state index >= 15 is 0 Å². The summed E-state index contributed by atoms with van der Waals surface area (Å²) in [6.45, 7) is 6.19. The van der Waals surface area contributed by atoms with Crippen LogP contribution in [0.1, 0.15) is 55.1 Å². The maximum absolute atomic E-state index is 14.5. The maximum atomic E-state index is 14.5. The normalized spacial score (nSPS) is 18.6. The zero-order chi connectivity index (χ0) is 28.6. The van der Waals surface area contributed by atoms with Gasteiger partial charge < -0.3 is 19.7 Å². The average molecular weight is 546 g/mol. The first kappa shape index (κ1) is 27.2. The molecule has 1 amide bonds. The molecule has 0 aliphatic carbocycles. The van der Waals surface area contributed by atoms with E-state index in [0.717, 1.165) is 48.1 Å². The average Bonchev–Trinajstić information content (AvgIpc) is 3.34. The van der Waals surface area contributed by atoms with Crippen LogP contribution in [0.4, 0.5) is 10.2 Å². The molecule has 5 rings (SSSR count). The number of rotatable bonds is 5. The number of nitrogens with zero attached hydrogens (tertiary/aromatic N) is 4. The zero-order valence-corrected chi connectivity index (χ0v) is 23.0. The van der Waals surface area contributed by atoms with Crippen LogP contribution < -0.4 is 10.1 Å². The Bertz CT molecular complexity index is 1510. The zero-order valence-electron chi connectivity index (χ0n) is 23.0. The molecule has 3 aromatic rings. The van der Waals surface area contributed by atoms with Crippen molar-refractivity contribution in [3.8, 4) is 17.1 Å².